The Labute approximate surface area is 121 Å². The molecular formula is C14H14N2O4S. The van der Waals surface area contributed by atoms with Crippen molar-refractivity contribution in [1.29, 1.82) is 0 Å². The summed E-state index contributed by atoms with van der Waals surface area (Å²) in [6, 6.07) is 9.08. The number of carbonyl (C=O) groups is 1. The van der Waals surface area contributed by atoms with Crippen LogP contribution in [-0.2, 0) is 10.0 Å². The molecule has 0 saturated heterocycles. The van der Waals surface area contributed by atoms with Crippen LogP contribution in [0.3, 0.4) is 0 Å². The molecule has 0 saturated carbocycles. The molecule has 0 spiro atoms. The van der Waals surface area contributed by atoms with Gasteiger partial charge in [-0.25, -0.2) is 13.1 Å². The number of carbonyl (C=O) groups excluding carboxylic acids is 1. The Morgan fingerprint density at radius 3 is 2.38 bits per heavy atom. The second-order valence-corrected chi connectivity index (χ2v) is 6.24. The van der Waals surface area contributed by atoms with Gasteiger partial charge in [-0.05, 0) is 37.6 Å². The number of sulfonamides is 1. The summed E-state index contributed by atoms with van der Waals surface area (Å²) < 4.78 is 26.2. The molecular weight excluding hydrogens is 292 g/mol. The van der Waals surface area contributed by atoms with E-state index in [-0.39, 0.29) is 10.5 Å². The topological polar surface area (TPSA) is 96.1 Å². The zero-order chi connectivity index (χ0) is 15.6. The standard InChI is InChI=1S/C14H14N2O4S/c1-9-5-3-4-6-12(9)21(19,20)16-14(18)11-8-7-10(2)15-13(11)17/h3-8H,1-2H3,(H,15,17)(H,16,18). The first-order valence-corrected chi connectivity index (χ1v) is 7.62. The number of hydrogen-bond donors (Lipinski definition) is 2. The summed E-state index contributed by atoms with van der Waals surface area (Å²) in [5.41, 5.74) is 0.208. The largest absolute Gasteiger partial charge is 0.326 e. The van der Waals surface area contributed by atoms with Gasteiger partial charge in [-0.15, -0.1) is 0 Å². The molecule has 6 nitrogen and oxygen atoms in total. The molecule has 0 fully saturated rings. The molecule has 21 heavy (non-hydrogen) atoms. The molecule has 7 heteroatoms. The van der Waals surface area contributed by atoms with Gasteiger partial charge in [-0.3, -0.25) is 9.59 Å². The third-order valence-corrected chi connectivity index (χ3v) is 4.40. The Morgan fingerprint density at radius 2 is 1.76 bits per heavy atom. The van der Waals surface area contributed by atoms with Crippen molar-refractivity contribution in [3.8, 4) is 0 Å². The second-order valence-electron chi connectivity index (χ2n) is 4.58. The summed E-state index contributed by atoms with van der Waals surface area (Å²) in [6.07, 6.45) is 0. The third-order valence-electron chi connectivity index (χ3n) is 2.91. The van der Waals surface area contributed by atoms with E-state index in [1.165, 1.54) is 18.2 Å². The third kappa shape index (κ3) is 3.19. The van der Waals surface area contributed by atoms with Crippen molar-refractivity contribution in [2.45, 2.75) is 18.7 Å². The van der Waals surface area contributed by atoms with Crippen LogP contribution in [0.25, 0.3) is 0 Å². The molecule has 0 bridgehead atoms. The van der Waals surface area contributed by atoms with E-state index in [1.807, 2.05) is 4.72 Å². The molecule has 2 aromatic rings. The van der Waals surface area contributed by atoms with Gasteiger partial charge < -0.3 is 4.98 Å². The van der Waals surface area contributed by atoms with Crippen molar-refractivity contribution >= 4 is 15.9 Å². The lowest BCUT2D eigenvalue weighted by molar-refractivity contribution is 0.0980. The van der Waals surface area contributed by atoms with E-state index in [9.17, 15) is 18.0 Å². The van der Waals surface area contributed by atoms with Crippen molar-refractivity contribution < 1.29 is 13.2 Å². The first kappa shape index (κ1) is 15.0. The minimum Gasteiger partial charge on any atom is -0.326 e. The van der Waals surface area contributed by atoms with Crippen LogP contribution in [0.15, 0.2) is 46.1 Å². The van der Waals surface area contributed by atoms with E-state index in [4.69, 9.17) is 0 Å². The highest BCUT2D eigenvalue weighted by Crippen LogP contribution is 2.14. The lowest BCUT2D eigenvalue weighted by Crippen LogP contribution is -2.34. The van der Waals surface area contributed by atoms with Crippen LogP contribution >= 0.6 is 0 Å². The Kier molecular flexibility index (Phi) is 3.95. The monoisotopic (exact) mass is 306 g/mol. The molecule has 2 rings (SSSR count). The number of aromatic amines is 1. The smallest absolute Gasteiger partial charge is 0.270 e. The average Bonchev–Trinajstić information content (AvgIpc) is 2.38. The maximum absolute atomic E-state index is 12.2. The Hall–Kier alpha value is -2.41. The Bertz CT molecular complexity index is 853. The average molecular weight is 306 g/mol. The van der Waals surface area contributed by atoms with Gasteiger partial charge in [0.2, 0.25) is 0 Å². The van der Waals surface area contributed by atoms with Crippen LogP contribution in [0.1, 0.15) is 21.6 Å². The van der Waals surface area contributed by atoms with Crippen LogP contribution in [0, 0.1) is 13.8 Å². The number of aromatic nitrogens is 1. The highest BCUT2D eigenvalue weighted by molar-refractivity contribution is 7.90. The molecule has 110 valence electrons. The number of hydrogen-bond acceptors (Lipinski definition) is 4. The number of pyridine rings is 1. The molecule has 0 unspecified atom stereocenters. The van der Waals surface area contributed by atoms with Crippen molar-refractivity contribution in [1.82, 2.24) is 9.71 Å². The van der Waals surface area contributed by atoms with E-state index >= 15 is 0 Å². The van der Waals surface area contributed by atoms with E-state index in [1.54, 1.807) is 32.0 Å². The van der Waals surface area contributed by atoms with Crippen molar-refractivity contribution in [3.63, 3.8) is 0 Å². The van der Waals surface area contributed by atoms with Crippen LogP contribution in [0.2, 0.25) is 0 Å². The van der Waals surface area contributed by atoms with E-state index < -0.39 is 21.5 Å². The Morgan fingerprint density at radius 1 is 1.10 bits per heavy atom. The number of rotatable bonds is 3. The van der Waals surface area contributed by atoms with Gasteiger partial charge >= 0.3 is 0 Å². The summed E-state index contributed by atoms with van der Waals surface area (Å²) in [4.78, 5) is 26.1. The molecule has 0 aliphatic heterocycles. The van der Waals surface area contributed by atoms with Gasteiger partial charge in [0.15, 0.2) is 0 Å². The van der Waals surface area contributed by atoms with Crippen molar-refractivity contribution in [2.75, 3.05) is 0 Å². The minimum atomic E-state index is -4.02. The maximum atomic E-state index is 12.2. The zero-order valence-corrected chi connectivity index (χ0v) is 12.3. The Balaban J connectivity index is 2.35. The highest BCUT2D eigenvalue weighted by Gasteiger charge is 2.21. The first-order valence-electron chi connectivity index (χ1n) is 6.14. The lowest BCUT2D eigenvalue weighted by Gasteiger charge is -2.08. The molecule has 1 aromatic carbocycles. The SMILES string of the molecule is Cc1ccc(C(=O)NS(=O)(=O)c2ccccc2C)c(=O)[nH]1. The first-order chi connectivity index (χ1) is 9.81. The molecule has 1 aromatic heterocycles. The molecule has 2 N–H and O–H groups in total. The summed E-state index contributed by atoms with van der Waals surface area (Å²) in [6.45, 7) is 3.28. The number of amides is 1. The summed E-state index contributed by atoms with van der Waals surface area (Å²) in [5, 5.41) is 0. The fraction of sp³-hybridized carbons (Fsp3) is 0.143. The lowest BCUT2D eigenvalue weighted by atomic mass is 10.2. The summed E-state index contributed by atoms with van der Waals surface area (Å²) in [7, 11) is -4.02. The normalized spacial score (nSPS) is 11.1. The van der Waals surface area contributed by atoms with Gasteiger partial charge in [-0.2, -0.15) is 0 Å². The predicted octanol–water partition coefficient (Wildman–Crippen LogP) is 1.11. The van der Waals surface area contributed by atoms with E-state index in [2.05, 4.69) is 4.98 Å². The molecule has 0 aliphatic carbocycles. The van der Waals surface area contributed by atoms with Crippen molar-refractivity contribution in [3.05, 3.63) is 63.6 Å². The van der Waals surface area contributed by atoms with Gasteiger partial charge in [0.1, 0.15) is 5.56 Å². The fourth-order valence-electron chi connectivity index (χ4n) is 1.84. The van der Waals surface area contributed by atoms with E-state index in [0.29, 0.717) is 11.3 Å². The van der Waals surface area contributed by atoms with Crippen LogP contribution in [0.5, 0.6) is 0 Å². The number of H-pyrrole nitrogens is 1. The van der Waals surface area contributed by atoms with Crippen LogP contribution < -0.4 is 10.3 Å². The molecule has 0 radical (unpaired) electrons. The molecule has 0 atom stereocenters. The zero-order valence-electron chi connectivity index (χ0n) is 11.5. The molecule has 1 heterocycles. The van der Waals surface area contributed by atoms with Gasteiger partial charge in [0.05, 0.1) is 4.90 Å². The van der Waals surface area contributed by atoms with Crippen LogP contribution in [0.4, 0.5) is 0 Å². The van der Waals surface area contributed by atoms with Gasteiger partial charge in [0, 0.05) is 5.69 Å². The fourth-order valence-corrected chi connectivity index (χ4v) is 3.05. The highest BCUT2D eigenvalue weighted by atomic mass is 32.2. The number of benzene rings is 1. The molecule has 0 aliphatic rings. The number of aryl methyl sites for hydroxylation is 2. The number of nitrogens with one attached hydrogen (secondary N) is 2. The minimum absolute atomic E-state index is 0.00175. The quantitative estimate of drug-likeness (QED) is 0.888. The maximum Gasteiger partial charge on any atom is 0.270 e. The second kappa shape index (κ2) is 5.53. The van der Waals surface area contributed by atoms with Gasteiger partial charge in [-0.1, -0.05) is 18.2 Å². The van der Waals surface area contributed by atoms with E-state index in [0.717, 1.165) is 0 Å². The van der Waals surface area contributed by atoms with Gasteiger partial charge in [0.25, 0.3) is 21.5 Å². The van der Waals surface area contributed by atoms with Crippen LogP contribution in [-0.4, -0.2) is 19.3 Å². The van der Waals surface area contributed by atoms with Crippen molar-refractivity contribution in [2.24, 2.45) is 0 Å². The summed E-state index contributed by atoms with van der Waals surface area (Å²) >= 11 is 0. The summed E-state index contributed by atoms with van der Waals surface area (Å²) in [5.74, 6) is -0.959. The predicted molar refractivity (Wildman–Crippen MR) is 77.6 cm³/mol. The molecule has 1 amide bonds.